The predicted octanol–water partition coefficient (Wildman–Crippen LogP) is 3.97. The van der Waals surface area contributed by atoms with Gasteiger partial charge in [-0.1, -0.05) is 37.3 Å². The van der Waals surface area contributed by atoms with Gasteiger partial charge in [-0.05, 0) is 43.6 Å². The Balaban J connectivity index is 1.21. The number of nitrogens with zero attached hydrogens (tertiary/aromatic N) is 3. The summed E-state index contributed by atoms with van der Waals surface area (Å²) in [6.45, 7) is 3.10. The molecule has 6 heteroatoms. The molecule has 1 saturated carbocycles. The highest BCUT2D eigenvalue weighted by molar-refractivity contribution is 5.85. The van der Waals surface area contributed by atoms with Crippen molar-refractivity contribution in [1.29, 1.82) is 0 Å². The summed E-state index contributed by atoms with van der Waals surface area (Å²) in [7, 11) is 0. The smallest absolute Gasteiger partial charge is 0.160 e. The lowest BCUT2D eigenvalue weighted by molar-refractivity contribution is 0.00917. The van der Waals surface area contributed by atoms with Crippen molar-refractivity contribution in [2.45, 2.75) is 51.2 Å². The fourth-order valence-corrected chi connectivity index (χ4v) is 3.82. The van der Waals surface area contributed by atoms with Crippen LogP contribution in [0.25, 0.3) is 11.0 Å². The molecular formula is C21H27N5O. The zero-order chi connectivity index (χ0) is 18.5. The van der Waals surface area contributed by atoms with E-state index in [0.29, 0.717) is 18.1 Å². The Morgan fingerprint density at radius 2 is 1.96 bits per heavy atom. The van der Waals surface area contributed by atoms with E-state index in [1.54, 1.807) is 12.5 Å². The zero-order valence-electron chi connectivity index (χ0n) is 15.8. The van der Waals surface area contributed by atoms with Crippen LogP contribution in [-0.2, 0) is 11.2 Å². The first-order chi connectivity index (χ1) is 13.3. The summed E-state index contributed by atoms with van der Waals surface area (Å²) >= 11 is 0. The lowest BCUT2D eigenvalue weighted by Crippen LogP contribution is -2.31. The van der Waals surface area contributed by atoms with Gasteiger partial charge in [0.25, 0.3) is 0 Å². The Labute approximate surface area is 159 Å². The Bertz CT molecular complexity index is 842. The SMILES string of the molecule is CC(CO[C@H]1CC[C@H](Nc2ncnc3[nH]ncc23)CC1)Cc1ccccc1. The second-order valence-electron chi connectivity index (χ2n) is 7.60. The van der Waals surface area contributed by atoms with Crippen molar-refractivity contribution in [2.75, 3.05) is 11.9 Å². The number of fused-ring (bicyclic) bond motifs is 1. The normalized spacial score (nSPS) is 21.2. The standard InChI is InChI=1S/C21H27N5O/c1-15(11-16-5-3-2-4-6-16)13-27-18-9-7-17(8-10-18)25-20-19-12-24-26-21(19)23-14-22-20/h2-6,12,14-15,17-18H,7-11,13H2,1H3,(H2,22,23,24,25,26)/t15?,17-,18-. The number of aromatic nitrogens is 4. The van der Waals surface area contributed by atoms with Gasteiger partial charge in [0.15, 0.2) is 5.65 Å². The minimum atomic E-state index is 0.376. The van der Waals surface area contributed by atoms with Crippen LogP contribution in [0.5, 0.6) is 0 Å². The van der Waals surface area contributed by atoms with Gasteiger partial charge in [-0.3, -0.25) is 5.10 Å². The topological polar surface area (TPSA) is 75.7 Å². The van der Waals surface area contributed by atoms with Crippen molar-refractivity contribution in [3.8, 4) is 0 Å². The largest absolute Gasteiger partial charge is 0.378 e. The van der Waals surface area contributed by atoms with E-state index in [1.807, 2.05) is 0 Å². The van der Waals surface area contributed by atoms with Crippen LogP contribution >= 0.6 is 0 Å². The molecule has 1 atom stereocenters. The summed E-state index contributed by atoms with van der Waals surface area (Å²) in [6.07, 6.45) is 9.19. The van der Waals surface area contributed by atoms with Gasteiger partial charge in [-0.2, -0.15) is 5.10 Å². The zero-order valence-corrected chi connectivity index (χ0v) is 15.8. The number of ether oxygens (including phenoxy) is 1. The molecule has 1 unspecified atom stereocenters. The molecule has 0 radical (unpaired) electrons. The summed E-state index contributed by atoms with van der Waals surface area (Å²) in [5.41, 5.74) is 2.16. The number of H-pyrrole nitrogens is 1. The molecule has 2 aromatic heterocycles. The molecule has 3 aromatic rings. The molecule has 0 amide bonds. The van der Waals surface area contributed by atoms with Gasteiger partial charge in [0.2, 0.25) is 0 Å². The number of rotatable bonds is 7. The van der Waals surface area contributed by atoms with Crippen molar-refractivity contribution in [1.82, 2.24) is 20.2 Å². The minimum absolute atomic E-state index is 0.376. The fourth-order valence-electron chi connectivity index (χ4n) is 3.82. The van der Waals surface area contributed by atoms with Crippen molar-refractivity contribution < 1.29 is 4.74 Å². The van der Waals surface area contributed by atoms with Gasteiger partial charge < -0.3 is 10.1 Å². The maximum atomic E-state index is 6.20. The van der Waals surface area contributed by atoms with E-state index in [2.05, 4.69) is 62.7 Å². The van der Waals surface area contributed by atoms with Crippen LogP contribution in [-0.4, -0.2) is 38.9 Å². The van der Waals surface area contributed by atoms with Gasteiger partial charge >= 0.3 is 0 Å². The Morgan fingerprint density at radius 3 is 2.78 bits per heavy atom. The first-order valence-corrected chi connectivity index (χ1v) is 9.84. The molecule has 2 N–H and O–H groups in total. The van der Waals surface area contributed by atoms with E-state index in [-0.39, 0.29) is 0 Å². The Kier molecular flexibility index (Phi) is 5.63. The molecule has 1 fully saturated rings. The van der Waals surface area contributed by atoms with E-state index < -0.39 is 0 Å². The monoisotopic (exact) mass is 365 g/mol. The van der Waals surface area contributed by atoms with Crippen LogP contribution in [0.4, 0.5) is 5.82 Å². The number of benzene rings is 1. The van der Waals surface area contributed by atoms with Gasteiger partial charge in [0, 0.05) is 12.6 Å². The molecule has 4 rings (SSSR count). The lowest BCUT2D eigenvalue weighted by atomic mass is 9.92. The highest BCUT2D eigenvalue weighted by Gasteiger charge is 2.23. The Morgan fingerprint density at radius 1 is 1.15 bits per heavy atom. The minimum Gasteiger partial charge on any atom is -0.378 e. The summed E-state index contributed by atoms with van der Waals surface area (Å²) in [5, 5.41) is 11.4. The molecule has 142 valence electrons. The second-order valence-corrected chi connectivity index (χ2v) is 7.60. The molecule has 27 heavy (non-hydrogen) atoms. The van der Waals surface area contributed by atoms with Gasteiger partial charge in [0.05, 0.1) is 17.7 Å². The first kappa shape index (κ1) is 17.9. The number of aromatic amines is 1. The molecule has 1 aliphatic rings. The summed E-state index contributed by atoms with van der Waals surface area (Å²) in [5.74, 6) is 1.41. The van der Waals surface area contributed by atoms with Gasteiger partial charge in [-0.25, -0.2) is 9.97 Å². The quantitative estimate of drug-likeness (QED) is 0.662. The third-order valence-corrected chi connectivity index (χ3v) is 5.31. The van der Waals surface area contributed by atoms with Crippen LogP contribution in [0.1, 0.15) is 38.2 Å². The molecular weight excluding hydrogens is 338 g/mol. The Hall–Kier alpha value is -2.47. The highest BCUT2D eigenvalue weighted by Crippen LogP contribution is 2.26. The van der Waals surface area contributed by atoms with Crippen molar-refractivity contribution >= 4 is 16.9 Å². The summed E-state index contributed by atoms with van der Waals surface area (Å²) in [6, 6.07) is 11.1. The van der Waals surface area contributed by atoms with Crippen LogP contribution in [0.2, 0.25) is 0 Å². The highest BCUT2D eigenvalue weighted by atomic mass is 16.5. The molecule has 2 heterocycles. The fraction of sp³-hybridized carbons (Fsp3) is 0.476. The lowest BCUT2D eigenvalue weighted by Gasteiger charge is -2.30. The maximum absolute atomic E-state index is 6.20. The van der Waals surface area contributed by atoms with E-state index >= 15 is 0 Å². The van der Waals surface area contributed by atoms with Crippen molar-refractivity contribution in [3.05, 3.63) is 48.4 Å². The predicted molar refractivity (Wildman–Crippen MR) is 107 cm³/mol. The number of hydrogen-bond acceptors (Lipinski definition) is 5. The van der Waals surface area contributed by atoms with Crippen LogP contribution < -0.4 is 5.32 Å². The molecule has 0 bridgehead atoms. The average Bonchev–Trinajstić information content (AvgIpc) is 3.18. The third-order valence-electron chi connectivity index (χ3n) is 5.31. The molecule has 1 aliphatic carbocycles. The van der Waals surface area contributed by atoms with E-state index in [9.17, 15) is 0 Å². The van der Waals surface area contributed by atoms with Crippen LogP contribution in [0.15, 0.2) is 42.9 Å². The van der Waals surface area contributed by atoms with Crippen LogP contribution in [0.3, 0.4) is 0 Å². The molecule has 0 saturated heterocycles. The van der Waals surface area contributed by atoms with Crippen molar-refractivity contribution in [2.24, 2.45) is 5.92 Å². The van der Waals surface area contributed by atoms with Gasteiger partial charge in [0.1, 0.15) is 12.1 Å². The van der Waals surface area contributed by atoms with Crippen molar-refractivity contribution in [3.63, 3.8) is 0 Å². The second kappa shape index (κ2) is 8.48. The third kappa shape index (κ3) is 4.63. The van der Waals surface area contributed by atoms with E-state index in [4.69, 9.17) is 4.74 Å². The number of hydrogen-bond donors (Lipinski definition) is 2. The first-order valence-electron chi connectivity index (χ1n) is 9.84. The average molecular weight is 365 g/mol. The number of nitrogens with one attached hydrogen (secondary N) is 2. The summed E-state index contributed by atoms with van der Waals surface area (Å²) in [4.78, 5) is 8.57. The molecule has 0 aliphatic heterocycles. The summed E-state index contributed by atoms with van der Waals surface area (Å²) < 4.78 is 6.20. The number of anilines is 1. The molecule has 6 nitrogen and oxygen atoms in total. The van der Waals surface area contributed by atoms with Crippen LogP contribution in [0, 0.1) is 5.92 Å². The molecule has 0 spiro atoms. The molecule has 1 aromatic carbocycles. The van der Waals surface area contributed by atoms with E-state index in [0.717, 1.165) is 55.6 Å². The van der Waals surface area contributed by atoms with E-state index in [1.165, 1.54) is 5.56 Å². The van der Waals surface area contributed by atoms with Gasteiger partial charge in [-0.15, -0.1) is 0 Å². The maximum Gasteiger partial charge on any atom is 0.160 e.